The Morgan fingerprint density at radius 3 is 2.56 bits per heavy atom. The highest BCUT2D eigenvalue weighted by Gasteiger charge is 2.11. The summed E-state index contributed by atoms with van der Waals surface area (Å²) in [5.74, 6) is -0.0425. The van der Waals surface area contributed by atoms with Crippen LogP contribution >= 0.6 is 23.2 Å². The molecule has 0 fully saturated rings. The van der Waals surface area contributed by atoms with Crippen LogP contribution in [0.2, 0.25) is 10.0 Å². The zero-order chi connectivity index (χ0) is 13.1. The highest BCUT2D eigenvalue weighted by Crippen LogP contribution is 2.35. The number of benzene rings is 2. The van der Waals surface area contributed by atoms with Crippen molar-refractivity contribution in [2.45, 2.75) is 0 Å². The molecule has 0 saturated carbocycles. The molecular formula is C13H7Cl2FO2. The van der Waals surface area contributed by atoms with E-state index in [1.807, 2.05) is 0 Å². The molecule has 92 valence electrons. The Balaban J connectivity index is 2.42. The van der Waals surface area contributed by atoms with Crippen molar-refractivity contribution in [3.63, 3.8) is 0 Å². The lowest BCUT2D eigenvalue weighted by molar-refractivity contribution is 0.112. The van der Waals surface area contributed by atoms with Crippen molar-refractivity contribution < 1.29 is 13.9 Å². The second kappa shape index (κ2) is 5.38. The SMILES string of the molecule is O=Cc1cccc(Cl)c1Oc1ccc(F)cc1Cl. The number of hydrogen-bond donors (Lipinski definition) is 0. The van der Waals surface area contributed by atoms with Crippen LogP contribution in [-0.4, -0.2) is 6.29 Å². The Hall–Kier alpha value is -1.58. The second-order valence-electron chi connectivity index (χ2n) is 3.45. The summed E-state index contributed by atoms with van der Waals surface area (Å²) in [6.45, 7) is 0. The van der Waals surface area contributed by atoms with Crippen molar-refractivity contribution in [3.8, 4) is 11.5 Å². The second-order valence-corrected chi connectivity index (χ2v) is 4.27. The fourth-order valence-electron chi connectivity index (χ4n) is 1.39. The zero-order valence-corrected chi connectivity index (χ0v) is 10.5. The summed E-state index contributed by atoms with van der Waals surface area (Å²) in [5, 5.41) is 0.381. The molecule has 0 bridgehead atoms. The molecule has 0 saturated heterocycles. The molecule has 2 rings (SSSR count). The summed E-state index contributed by atoms with van der Waals surface area (Å²) >= 11 is 11.8. The van der Waals surface area contributed by atoms with Crippen LogP contribution in [0.5, 0.6) is 11.5 Å². The number of aldehydes is 1. The molecule has 0 atom stereocenters. The summed E-state index contributed by atoms with van der Waals surface area (Å²) in [4.78, 5) is 10.9. The lowest BCUT2D eigenvalue weighted by atomic mass is 10.2. The third kappa shape index (κ3) is 2.63. The number of halogens is 3. The Labute approximate surface area is 113 Å². The highest BCUT2D eigenvalue weighted by molar-refractivity contribution is 6.33. The fraction of sp³-hybridized carbons (Fsp3) is 0. The molecule has 0 aliphatic heterocycles. The zero-order valence-electron chi connectivity index (χ0n) is 8.99. The largest absolute Gasteiger partial charge is 0.453 e. The maximum absolute atomic E-state index is 12.9. The van der Waals surface area contributed by atoms with Gasteiger partial charge in [0.05, 0.1) is 15.6 Å². The quantitative estimate of drug-likeness (QED) is 0.761. The summed E-state index contributed by atoms with van der Waals surface area (Å²) < 4.78 is 18.3. The average molecular weight is 285 g/mol. The number of para-hydroxylation sites is 1. The van der Waals surface area contributed by atoms with E-state index in [0.29, 0.717) is 11.8 Å². The lowest BCUT2D eigenvalue weighted by Crippen LogP contribution is -1.92. The van der Waals surface area contributed by atoms with Crippen molar-refractivity contribution in [3.05, 3.63) is 57.8 Å². The minimum atomic E-state index is -0.470. The monoisotopic (exact) mass is 284 g/mol. The first kappa shape index (κ1) is 12.9. The van der Waals surface area contributed by atoms with Crippen LogP contribution in [0, 0.1) is 5.82 Å². The minimum Gasteiger partial charge on any atom is -0.453 e. The van der Waals surface area contributed by atoms with Crippen LogP contribution in [0.25, 0.3) is 0 Å². The summed E-state index contributed by atoms with van der Waals surface area (Å²) in [7, 11) is 0. The van der Waals surface area contributed by atoms with Gasteiger partial charge in [-0.2, -0.15) is 0 Å². The van der Waals surface area contributed by atoms with E-state index in [4.69, 9.17) is 27.9 Å². The molecule has 18 heavy (non-hydrogen) atoms. The maximum Gasteiger partial charge on any atom is 0.156 e. The molecule has 0 spiro atoms. The Kier molecular flexibility index (Phi) is 3.84. The van der Waals surface area contributed by atoms with E-state index < -0.39 is 5.82 Å². The van der Waals surface area contributed by atoms with Gasteiger partial charge in [0.15, 0.2) is 12.0 Å². The highest BCUT2D eigenvalue weighted by atomic mass is 35.5. The van der Waals surface area contributed by atoms with Crippen molar-refractivity contribution >= 4 is 29.5 Å². The number of rotatable bonds is 3. The van der Waals surface area contributed by atoms with Gasteiger partial charge in [-0.15, -0.1) is 0 Å². The van der Waals surface area contributed by atoms with E-state index in [1.54, 1.807) is 18.2 Å². The van der Waals surface area contributed by atoms with E-state index in [-0.39, 0.29) is 21.5 Å². The van der Waals surface area contributed by atoms with Crippen molar-refractivity contribution in [2.24, 2.45) is 0 Å². The van der Waals surface area contributed by atoms with E-state index >= 15 is 0 Å². The third-order valence-electron chi connectivity index (χ3n) is 2.23. The first-order valence-corrected chi connectivity index (χ1v) is 5.74. The molecule has 0 amide bonds. The summed E-state index contributed by atoms with van der Waals surface area (Å²) in [6.07, 6.45) is 0.624. The van der Waals surface area contributed by atoms with E-state index in [0.717, 1.165) is 6.07 Å². The molecule has 0 aromatic heterocycles. The van der Waals surface area contributed by atoms with Crippen LogP contribution < -0.4 is 4.74 Å². The maximum atomic E-state index is 12.9. The van der Waals surface area contributed by atoms with Gasteiger partial charge in [-0.25, -0.2) is 4.39 Å². The smallest absolute Gasteiger partial charge is 0.156 e. The number of carbonyl (C=O) groups is 1. The van der Waals surface area contributed by atoms with Gasteiger partial charge in [-0.1, -0.05) is 29.3 Å². The molecule has 0 radical (unpaired) electrons. The summed E-state index contributed by atoms with van der Waals surface area (Å²) in [6, 6.07) is 8.47. The molecule has 0 heterocycles. The molecule has 0 aliphatic rings. The lowest BCUT2D eigenvalue weighted by Gasteiger charge is -2.10. The number of ether oxygens (including phenoxy) is 1. The first-order valence-electron chi connectivity index (χ1n) is 4.98. The molecule has 0 aliphatic carbocycles. The standard InChI is InChI=1S/C13H7Cl2FO2/c14-10-3-1-2-8(7-17)13(10)18-12-5-4-9(16)6-11(12)15/h1-7H. The molecule has 2 aromatic rings. The molecule has 2 aromatic carbocycles. The van der Waals surface area contributed by atoms with Gasteiger partial charge in [0.25, 0.3) is 0 Å². The molecule has 5 heteroatoms. The molecule has 0 unspecified atom stereocenters. The Morgan fingerprint density at radius 2 is 1.89 bits per heavy atom. The van der Waals surface area contributed by atoms with Gasteiger partial charge in [0, 0.05) is 0 Å². The predicted molar refractivity (Wildman–Crippen MR) is 68.3 cm³/mol. The van der Waals surface area contributed by atoms with Crippen molar-refractivity contribution in [2.75, 3.05) is 0 Å². The van der Waals surface area contributed by atoms with E-state index in [2.05, 4.69) is 0 Å². The van der Waals surface area contributed by atoms with E-state index in [9.17, 15) is 9.18 Å². The van der Waals surface area contributed by atoms with Gasteiger partial charge in [-0.05, 0) is 30.3 Å². The van der Waals surface area contributed by atoms with Crippen LogP contribution in [0.1, 0.15) is 10.4 Å². The van der Waals surface area contributed by atoms with Crippen LogP contribution in [0.15, 0.2) is 36.4 Å². The van der Waals surface area contributed by atoms with E-state index in [1.165, 1.54) is 12.1 Å². The van der Waals surface area contributed by atoms with Gasteiger partial charge in [-0.3, -0.25) is 4.79 Å². The number of hydrogen-bond acceptors (Lipinski definition) is 2. The molecule has 0 N–H and O–H groups in total. The first-order chi connectivity index (χ1) is 8.61. The Morgan fingerprint density at radius 1 is 1.11 bits per heavy atom. The fourth-order valence-corrected chi connectivity index (χ4v) is 1.82. The Bertz CT molecular complexity index is 600. The van der Waals surface area contributed by atoms with Crippen LogP contribution in [-0.2, 0) is 0 Å². The topological polar surface area (TPSA) is 26.3 Å². The van der Waals surface area contributed by atoms with Crippen LogP contribution in [0.4, 0.5) is 4.39 Å². The molecular weight excluding hydrogens is 278 g/mol. The van der Waals surface area contributed by atoms with Gasteiger partial charge in [0.1, 0.15) is 11.6 Å². The predicted octanol–water partition coefficient (Wildman–Crippen LogP) is 4.74. The average Bonchev–Trinajstić information content (AvgIpc) is 2.34. The normalized spacial score (nSPS) is 10.2. The summed E-state index contributed by atoms with van der Waals surface area (Å²) in [5.41, 5.74) is 0.294. The third-order valence-corrected chi connectivity index (χ3v) is 2.82. The van der Waals surface area contributed by atoms with Gasteiger partial charge >= 0.3 is 0 Å². The van der Waals surface area contributed by atoms with Gasteiger partial charge < -0.3 is 4.74 Å². The van der Waals surface area contributed by atoms with Crippen LogP contribution in [0.3, 0.4) is 0 Å². The minimum absolute atomic E-state index is 0.103. The number of carbonyl (C=O) groups excluding carboxylic acids is 1. The molecule has 2 nitrogen and oxygen atoms in total. The van der Waals surface area contributed by atoms with Gasteiger partial charge in [0.2, 0.25) is 0 Å². The van der Waals surface area contributed by atoms with Crippen molar-refractivity contribution in [1.82, 2.24) is 0 Å². The van der Waals surface area contributed by atoms with Crippen molar-refractivity contribution in [1.29, 1.82) is 0 Å².